The van der Waals surface area contributed by atoms with Gasteiger partial charge < -0.3 is 15.4 Å². The summed E-state index contributed by atoms with van der Waals surface area (Å²) in [6.45, 7) is 11.8. The molecule has 0 aliphatic heterocycles. The molecule has 0 bridgehead atoms. The molecule has 0 aliphatic carbocycles. The fourth-order valence-electron chi connectivity index (χ4n) is 3.74. The summed E-state index contributed by atoms with van der Waals surface area (Å²) in [6, 6.07) is 10.5. The highest BCUT2D eigenvalue weighted by Gasteiger charge is 2.31. The maximum absolute atomic E-state index is 13.7. The van der Waals surface area contributed by atoms with Gasteiger partial charge in [-0.15, -0.1) is 0 Å². The lowest BCUT2D eigenvalue weighted by atomic mass is 10.1. The molecule has 0 atom stereocenters. The molecular weight excluding hydrogens is 450 g/mol. The van der Waals surface area contributed by atoms with Crippen LogP contribution in [0.5, 0.6) is 11.5 Å². The van der Waals surface area contributed by atoms with Crippen molar-refractivity contribution >= 4 is 21.6 Å². The first-order valence-corrected chi connectivity index (χ1v) is 13.6. The summed E-state index contributed by atoms with van der Waals surface area (Å²) >= 11 is 0. The van der Waals surface area contributed by atoms with Gasteiger partial charge in [-0.2, -0.15) is 4.31 Å². The van der Waals surface area contributed by atoms with Crippen LogP contribution in [-0.2, 0) is 10.0 Å². The Kier molecular flexibility index (Phi) is 10.4. The standard InChI is InChI=1S/C26H39N3O4S/c1-6-10-16-28(17-11-7-2)23-18-21(26(27)30)19-24(34(31,32)29(8-3)9-4)25(23)33-22-14-12-20(5)13-15-22/h12-15,18-19H,6-11,16-17H2,1-5H3,(H2,27,30). The molecule has 0 heterocycles. The van der Waals surface area contributed by atoms with Crippen molar-refractivity contribution in [1.29, 1.82) is 0 Å². The number of sulfonamides is 1. The molecule has 0 aromatic heterocycles. The highest BCUT2D eigenvalue weighted by Crippen LogP contribution is 2.41. The molecule has 0 saturated heterocycles. The summed E-state index contributed by atoms with van der Waals surface area (Å²) in [5.74, 6) is 0.0821. The minimum atomic E-state index is -3.94. The van der Waals surface area contributed by atoms with E-state index in [0.717, 1.165) is 31.2 Å². The second-order valence-electron chi connectivity index (χ2n) is 8.39. The first-order chi connectivity index (χ1) is 16.2. The number of nitrogens with two attached hydrogens (primary N) is 1. The normalized spacial score (nSPS) is 11.6. The van der Waals surface area contributed by atoms with Crippen LogP contribution in [0.3, 0.4) is 0 Å². The molecule has 0 radical (unpaired) electrons. The molecule has 2 rings (SSSR count). The van der Waals surface area contributed by atoms with Crippen LogP contribution < -0.4 is 15.4 Å². The predicted octanol–water partition coefficient (Wildman–Crippen LogP) is 5.32. The molecule has 34 heavy (non-hydrogen) atoms. The maximum Gasteiger partial charge on any atom is 0.248 e. The molecular formula is C26H39N3O4S. The number of hydrogen-bond donors (Lipinski definition) is 1. The van der Waals surface area contributed by atoms with Crippen LogP contribution in [0.15, 0.2) is 41.3 Å². The molecule has 2 N–H and O–H groups in total. The Bertz CT molecular complexity index is 1040. The molecule has 2 aromatic carbocycles. The van der Waals surface area contributed by atoms with Crippen molar-refractivity contribution < 1.29 is 17.9 Å². The minimum Gasteiger partial charge on any atom is -0.454 e. The van der Waals surface area contributed by atoms with Gasteiger partial charge in [-0.3, -0.25) is 4.79 Å². The summed E-state index contributed by atoms with van der Waals surface area (Å²) < 4.78 is 35.1. The van der Waals surface area contributed by atoms with Crippen LogP contribution >= 0.6 is 0 Å². The van der Waals surface area contributed by atoms with Gasteiger partial charge in [-0.25, -0.2) is 8.42 Å². The monoisotopic (exact) mass is 489 g/mol. The fourth-order valence-corrected chi connectivity index (χ4v) is 5.35. The van der Waals surface area contributed by atoms with Gasteiger partial charge in [0.15, 0.2) is 5.75 Å². The second-order valence-corrected chi connectivity index (χ2v) is 10.3. The van der Waals surface area contributed by atoms with Crippen LogP contribution in [0.1, 0.15) is 69.3 Å². The van der Waals surface area contributed by atoms with E-state index in [4.69, 9.17) is 10.5 Å². The predicted molar refractivity (Wildman–Crippen MR) is 138 cm³/mol. The van der Waals surface area contributed by atoms with Crippen molar-refractivity contribution in [2.75, 3.05) is 31.1 Å². The second kappa shape index (κ2) is 12.8. The number of benzene rings is 2. The van der Waals surface area contributed by atoms with E-state index in [1.165, 1.54) is 10.4 Å². The number of primary amides is 1. The van der Waals surface area contributed by atoms with Gasteiger partial charge in [-0.1, -0.05) is 58.2 Å². The zero-order chi connectivity index (χ0) is 25.3. The molecule has 0 aliphatic rings. The Balaban J connectivity index is 2.84. The highest BCUT2D eigenvalue weighted by atomic mass is 32.2. The Morgan fingerprint density at radius 1 is 0.941 bits per heavy atom. The SMILES string of the molecule is CCCCN(CCCC)c1cc(C(N)=O)cc(S(=O)(=O)N(CC)CC)c1Oc1ccc(C)cc1. The largest absolute Gasteiger partial charge is 0.454 e. The lowest BCUT2D eigenvalue weighted by molar-refractivity contribution is 0.1000. The number of hydrogen-bond acceptors (Lipinski definition) is 5. The molecule has 8 heteroatoms. The number of ether oxygens (including phenoxy) is 1. The average Bonchev–Trinajstić information content (AvgIpc) is 2.81. The third kappa shape index (κ3) is 6.73. The zero-order valence-corrected chi connectivity index (χ0v) is 22.0. The van der Waals surface area contributed by atoms with Crippen molar-refractivity contribution in [2.24, 2.45) is 5.73 Å². The summed E-state index contributed by atoms with van der Waals surface area (Å²) in [7, 11) is -3.94. The minimum absolute atomic E-state index is 0.0407. The van der Waals surface area contributed by atoms with Crippen molar-refractivity contribution in [3.05, 3.63) is 47.5 Å². The maximum atomic E-state index is 13.7. The van der Waals surface area contributed by atoms with E-state index < -0.39 is 15.9 Å². The van der Waals surface area contributed by atoms with Gasteiger partial charge in [0.25, 0.3) is 0 Å². The van der Waals surface area contributed by atoms with Crippen molar-refractivity contribution in [3.8, 4) is 11.5 Å². The van der Waals surface area contributed by atoms with Gasteiger partial charge in [0.1, 0.15) is 10.6 Å². The topological polar surface area (TPSA) is 92.9 Å². The van der Waals surface area contributed by atoms with Gasteiger partial charge >= 0.3 is 0 Å². The average molecular weight is 490 g/mol. The fraction of sp³-hybridized carbons (Fsp3) is 0.500. The first kappa shape index (κ1) is 27.7. The number of aryl methyl sites for hydroxylation is 1. The molecule has 2 aromatic rings. The molecule has 1 amide bonds. The van der Waals surface area contributed by atoms with Crippen LogP contribution in [0.25, 0.3) is 0 Å². The zero-order valence-electron chi connectivity index (χ0n) is 21.1. The van der Waals surface area contributed by atoms with E-state index in [-0.39, 0.29) is 16.2 Å². The summed E-state index contributed by atoms with van der Waals surface area (Å²) in [5.41, 5.74) is 7.44. The number of carbonyl (C=O) groups is 1. The third-order valence-corrected chi connectivity index (χ3v) is 7.84. The number of rotatable bonds is 14. The lowest BCUT2D eigenvalue weighted by Gasteiger charge is -2.29. The Hall–Kier alpha value is -2.58. The van der Waals surface area contributed by atoms with E-state index in [0.29, 0.717) is 37.6 Å². The van der Waals surface area contributed by atoms with E-state index in [9.17, 15) is 13.2 Å². The highest BCUT2D eigenvalue weighted by molar-refractivity contribution is 7.89. The van der Waals surface area contributed by atoms with Gasteiger partial charge in [0.05, 0.1) is 5.69 Å². The molecule has 0 unspecified atom stereocenters. The number of carbonyl (C=O) groups excluding carboxylic acids is 1. The smallest absolute Gasteiger partial charge is 0.248 e. The number of anilines is 1. The first-order valence-electron chi connectivity index (χ1n) is 12.2. The van der Waals surface area contributed by atoms with Crippen molar-refractivity contribution in [2.45, 2.75) is 65.2 Å². The van der Waals surface area contributed by atoms with Crippen molar-refractivity contribution in [3.63, 3.8) is 0 Å². The number of unbranched alkanes of at least 4 members (excludes halogenated alkanes) is 2. The molecule has 0 spiro atoms. The molecule has 188 valence electrons. The Morgan fingerprint density at radius 2 is 1.50 bits per heavy atom. The number of amides is 1. The van der Waals surface area contributed by atoms with E-state index in [1.807, 2.05) is 31.2 Å². The van der Waals surface area contributed by atoms with E-state index in [2.05, 4.69) is 18.7 Å². The summed E-state index contributed by atoms with van der Waals surface area (Å²) in [5, 5.41) is 0. The quantitative estimate of drug-likeness (QED) is 0.387. The summed E-state index contributed by atoms with van der Waals surface area (Å²) in [4.78, 5) is 14.3. The van der Waals surface area contributed by atoms with E-state index in [1.54, 1.807) is 19.9 Å². The number of nitrogens with zero attached hydrogens (tertiary/aromatic N) is 2. The van der Waals surface area contributed by atoms with Crippen LogP contribution in [0, 0.1) is 6.92 Å². The molecule has 0 saturated carbocycles. The third-order valence-electron chi connectivity index (χ3n) is 5.79. The van der Waals surface area contributed by atoms with E-state index >= 15 is 0 Å². The van der Waals surface area contributed by atoms with Crippen LogP contribution in [-0.4, -0.2) is 44.8 Å². The van der Waals surface area contributed by atoms with Gasteiger partial charge in [-0.05, 0) is 44.0 Å². The van der Waals surface area contributed by atoms with Gasteiger partial charge in [0.2, 0.25) is 15.9 Å². The summed E-state index contributed by atoms with van der Waals surface area (Å²) in [6.07, 6.45) is 3.81. The Morgan fingerprint density at radius 3 is 1.97 bits per heavy atom. The Labute approximate surface area is 204 Å². The van der Waals surface area contributed by atoms with Crippen LogP contribution in [0.2, 0.25) is 0 Å². The molecule has 7 nitrogen and oxygen atoms in total. The van der Waals surface area contributed by atoms with Gasteiger partial charge in [0, 0.05) is 31.7 Å². The van der Waals surface area contributed by atoms with Crippen molar-refractivity contribution in [1.82, 2.24) is 4.31 Å². The lowest BCUT2D eigenvalue weighted by Crippen LogP contribution is -2.32. The van der Waals surface area contributed by atoms with Crippen LogP contribution in [0.4, 0.5) is 5.69 Å². The molecule has 0 fully saturated rings.